The Morgan fingerprint density at radius 1 is 1.18 bits per heavy atom. The van der Waals surface area contributed by atoms with Gasteiger partial charge in [0.1, 0.15) is 22.6 Å². The summed E-state index contributed by atoms with van der Waals surface area (Å²) in [4.78, 5) is 14.1. The number of benzene rings is 1. The van der Waals surface area contributed by atoms with E-state index in [1.165, 1.54) is 16.2 Å². The van der Waals surface area contributed by atoms with Gasteiger partial charge in [0.2, 0.25) is 0 Å². The molecule has 1 aliphatic carbocycles. The first-order chi connectivity index (χ1) is 13.5. The van der Waals surface area contributed by atoms with Crippen molar-refractivity contribution in [1.29, 1.82) is 5.26 Å². The van der Waals surface area contributed by atoms with Gasteiger partial charge in [-0.15, -0.1) is 11.3 Å². The highest BCUT2D eigenvalue weighted by Gasteiger charge is 2.23. The van der Waals surface area contributed by atoms with Gasteiger partial charge in [0.15, 0.2) is 0 Å². The van der Waals surface area contributed by atoms with Gasteiger partial charge in [-0.1, -0.05) is 23.2 Å². The molecule has 2 heterocycles. The van der Waals surface area contributed by atoms with Crippen molar-refractivity contribution < 1.29 is 9.21 Å². The molecule has 1 aromatic carbocycles. The number of nitrogens with zero attached hydrogens (tertiary/aromatic N) is 1. The van der Waals surface area contributed by atoms with Crippen LogP contribution in [0.5, 0.6) is 0 Å². The largest absolute Gasteiger partial charge is 0.461 e. The van der Waals surface area contributed by atoms with E-state index in [0.29, 0.717) is 43.3 Å². The molecule has 0 bridgehead atoms. The average molecular weight is 431 g/mol. The van der Waals surface area contributed by atoms with E-state index in [-0.39, 0.29) is 5.91 Å². The average Bonchev–Trinajstić information content (AvgIpc) is 3.20. The molecular weight excluding hydrogens is 415 g/mol. The standard InChI is InChI=1S/C21H16Cl2N2O2S/c1-11-16(9-18(27-11)12-6-13(22)8-14(23)7-12)20(26)25-21-17(10-24)15-4-2-3-5-19(15)28-21/h6-9H,2-5H2,1H3,(H,25,26). The minimum atomic E-state index is -0.296. The van der Waals surface area contributed by atoms with E-state index in [1.807, 2.05) is 0 Å². The maximum atomic E-state index is 12.9. The van der Waals surface area contributed by atoms with E-state index in [9.17, 15) is 10.1 Å². The first kappa shape index (κ1) is 19.1. The number of hydrogen-bond donors (Lipinski definition) is 1. The number of anilines is 1. The van der Waals surface area contributed by atoms with E-state index < -0.39 is 0 Å². The van der Waals surface area contributed by atoms with Crippen molar-refractivity contribution >= 4 is 45.4 Å². The number of fused-ring (bicyclic) bond motifs is 1. The number of furan rings is 1. The minimum Gasteiger partial charge on any atom is -0.461 e. The second-order valence-electron chi connectivity index (χ2n) is 6.72. The summed E-state index contributed by atoms with van der Waals surface area (Å²) in [6.45, 7) is 1.73. The molecule has 0 aliphatic heterocycles. The zero-order chi connectivity index (χ0) is 19.8. The van der Waals surface area contributed by atoms with Crippen LogP contribution in [-0.2, 0) is 12.8 Å². The van der Waals surface area contributed by atoms with E-state index in [2.05, 4.69) is 11.4 Å². The van der Waals surface area contributed by atoms with Gasteiger partial charge < -0.3 is 9.73 Å². The van der Waals surface area contributed by atoms with Gasteiger partial charge in [-0.05, 0) is 62.4 Å². The highest BCUT2D eigenvalue weighted by atomic mass is 35.5. The van der Waals surface area contributed by atoms with E-state index in [1.54, 1.807) is 31.2 Å². The van der Waals surface area contributed by atoms with Crippen LogP contribution < -0.4 is 5.32 Å². The van der Waals surface area contributed by atoms with E-state index >= 15 is 0 Å². The van der Waals surface area contributed by atoms with Crippen molar-refractivity contribution in [2.24, 2.45) is 0 Å². The van der Waals surface area contributed by atoms with Crippen LogP contribution in [0.3, 0.4) is 0 Å². The van der Waals surface area contributed by atoms with Crippen molar-refractivity contribution in [2.75, 3.05) is 5.32 Å². The van der Waals surface area contributed by atoms with Crippen molar-refractivity contribution in [2.45, 2.75) is 32.6 Å². The van der Waals surface area contributed by atoms with Gasteiger partial charge in [0.05, 0.1) is 11.1 Å². The molecule has 4 rings (SSSR count). The molecule has 0 saturated heterocycles. The number of halogens is 2. The molecule has 1 amide bonds. The number of amides is 1. The fraction of sp³-hybridized carbons (Fsp3) is 0.238. The Balaban J connectivity index is 1.64. The number of thiophene rings is 1. The number of carbonyl (C=O) groups is 1. The lowest BCUT2D eigenvalue weighted by molar-refractivity contribution is 0.102. The predicted molar refractivity (Wildman–Crippen MR) is 113 cm³/mol. The lowest BCUT2D eigenvalue weighted by atomic mass is 9.96. The number of carbonyl (C=O) groups excluding carboxylic acids is 1. The van der Waals surface area contributed by atoms with Crippen LogP contribution in [0.25, 0.3) is 11.3 Å². The second-order valence-corrected chi connectivity index (χ2v) is 8.70. The molecule has 2 aromatic heterocycles. The summed E-state index contributed by atoms with van der Waals surface area (Å²) in [5, 5.41) is 14.1. The summed E-state index contributed by atoms with van der Waals surface area (Å²) in [5.41, 5.74) is 2.80. The summed E-state index contributed by atoms with van der Waals surface area (Å²) in [6, 6.07) is 9.03. The van der Waals surface area contributed by atoms with Crippen LogP contribution in [0.15, 0.2) is 28.7 Å². The highest BCUT2D eigenvalue weighted by Crippen LogP contribution is 2.38. The lowest BCUT2D eigenvalue weighted by Crippen LogP contribution is -2.12. The molecule has 3 aromatic rings. The fourth-order valence-corrected chi connectivity index (χ4v) is 5.25. The van der Waals surface area contributed by atoms with Gasteiger partial charge in [-0.2, -0.15) is 5.26 Å². The third kappa shape index (κ3) is 3.56. The summed E-state index contributed by atoms with van der Waals surface area (Å²) in [7, 11) is 0. The molecule has 28 heavy (non-hydrogen) atoms. The number of nitriles is 1. The lowest BCUT2D eigenvalue weighted by Gasteiger charge is -2.09. The van der Waals surface area contributed by atoms with Gasteiger partial charge in [0.25, 0.3) is 5.91 Å². The smallest absolute Gasteiger partial charge is 0.259 e. The Bertz CT molecular complexity index is 1100. The quantitative estimate of drug-likeness (QED) is 0.506. The maximum Gasteiger partial charge on any atom is 0.259 e. The SMILES string of the molecule is Cc1oc(-c2cc(Cl)cc(Cl)c2)cc1C(=O)Nc1sc2c(c1C#N)CCCC2. The van der Waals surface area contributed by atoms with Gasteiger partial charge >= 0.3 is 0 Å². The van der Waals surface area contributed by atoms with Crippen LogP contribution in [-0.4, -0.2) is 5.91 Å². The second kappa shape index (κ2) is 7.63. The normalized spacial score (nSPS) is 13.1. The zero-order valence-electron chi connectivity index (χ0n) is 15.1. The summed E-state index contributed by atoms with van der Waals surface area (Å²) < 4.78 is 5.77. The van der Waals surface area contributed by atoms with Gasteiger partial charge in [0, 0.05) is 20.5 Å². The molecule has 0 radical (unpaired) electrons. The number of nitrogens with one attached hydrogen (secondary N) is 1. The molecule has 0 spiro atoms. The van der Waals surface area contributed by atoms with Crippen molar-refractivity contribution in [1.82, 2.24) is 0 Å². The minimum absolute atomic E-state index is 0.296. The first-order valence-corrected chi connectivity index (χ1v) is 10.5. The van der Waals surface area contributed by atoms with Crippen LogP contribution in [0.4, 0.5) is 5.00 Å². The van der Waals surface area contributed by atoms with Crippen LogP contribution in [0.2, 0.25) is 10.0 Å². The first-order valence-electron chi connectivity index (χ1n) is 8.89. The third-order valence-corrected chi connectivity index (χ3v) is 6.46. The molecule has 4 nitrogen and oxygen atoms in total. The molecular formula is C21H16Cl2N2O2S. The van der Waals surface area contributed by atoms with Gasteiger partial charge in [-0.3, -0.25) is 4.79 Å². The topological polar surface area (TPSA) is 66.0 Å². The Hall–Kier alpha value is -2.26. The molecule has 0 unspecified atom stereocenters. The number of rotatable bonds is 3. The third-order valence-electron chi connectivity index (χ3n) is 4.82. The fourth-order valence-electron chi connectivity index (χ4n) is 3.49. The summed E-state index contributed by atoms with van der Waals surface area (Å²) >= 11 is 13.6. The van der Waals surface area contributed by atoms with Crippen LogP contribution in [0, 0.1) is 18.3 Å². The molecule has 142 valence electrons. The predicted octanol–water partition coefficient (Wildman–Crippen LogP) is 6.63. The van der Waals surface area contributed by atoms with Crippen molar-refractivity contribution in [3.8, 4) is 17.4 Å². The number of aryl methyl sites for hydroxylation is 2. The van der Waals surface area contributed by atoms with Crippen molar-refractivity contribution in [3.05, 3.63) is 61.6 Å². The summed E-state index contributed by atoms with van der Waals surface area (Å²) in [5.74, 6) is 0.706. The molecule has 7 heteroatoms. The Kier molecular flexibility index (Phi) is 5.20. The molecule has 0 saturated carbocycles. The highest BCUT2D eigenvalue weighted by molar-refractivity contribution is 7.16. The van der Waals surface area contributed by atoms with Crippen molar-refractivity contribution in [3.63, 3.8) is 0 Å². The Morgan fingerprint density at radius 2 is 1.89 bits per heavy atom. The van der Waals surface area contributed by atoms with E-state index in [0.717, 1.165) is 31.2 Å². The molecule has 1 aliphatic rings. The summed E-state index contributed by atoms with van der Waals surface area (Å²) in [6.07, 6.45) is 4.07. The van der Waals surface area contributed by atoms with Gasteiger partial charge in [-0.25, -0.2) is 0 Å². The molecule has 0 atom stereocenters. The Labute approximate surface area is 176 Å². The number of hydrogen-bond acceptors (Lipinski definition) is 4. The van der Waals surface area contributed by atoms with Crippen LogP contribution >= 0.6 is 34.5 Å². The van der Waals surface area contributed by atoms with Crippen LogP contribution in [0.1, 0.15) is 45.0 Å². The maximum absolute atomic E-state index is 12.9. The Morgan fingerprint density at radius 3 is 2.61 bits per heavy atom. The molecule has 0 fully saturated rings. The molecule has 1 N–H and O–H groups in total. The van der Waals surface area contributed by atoms with E-state index in [4.69, 9.17) is 27.6 Å². The monoisotopic (exact) mass is 430 g/mol. The zero-order valence-corrected chi connectivity index (χ0v) is 17.4.